The SMILES string of the molecule is OC(Cc1cccc(Cl)c1)c1c(F)cccc1F. The molecular weight excluding hydrogens is 258 g/mol. The van der Waals surface area contributed by atoms with E-state index < -0.39 is 17.7 Å². The summed E-state index contributed by atoms with van der Waals surface area (Å²) in [5.41, 5.74) is 0.412. The monoisotopic (exact) mass is 268 g/mol. The van der Waals surface area contributed by atoms with Crippen molar-refractivity contribution in [1.82, 2.24) is 0 Å². The summed E-state index contributed by atoms with van der Waals surface area (Å²) in [6.07, 6.45) is -1.12. The van der Waals surface area contributed by atoms with Crippen molar-refractivity contribution < 1.29 is 13.9 Å². The van der Waals surface area contributed by atoms with Crippen molar-refractivity contribution in [3.8, 4) is 0 Å². The molecule has 0 spiro atoms. The fourth-order valence-corrected chi connectivity index (χ4v) is 2.03. The topological polar surface area (TPSA) is 20.2 Å². The van der Waals surface area contributed by atoms with Crippen LogP contribution in [0.3, 0.4) is 0 Å². The second-order valence-electron chi connectivity index (χ2n) is 3.99. The number of rotatable bonds is 3. The number of hydrogen-bond donors (Lipinski definition) is 1. The lowest BCUT2D eigenvalue weighted by atomic mass is 10.0. The summed E-state index contributed by atoms with van der Waals surface area (Å²) in [6, 6.07) is 10.3. The molecule has 1 N–H and O–H groups in total. The molecule has 0 saturated carbocycles. The average molecular weight is 269 g/mol. The summed E-state index contributed by atoms with van der Waals surface area (Å²) in [5.74, 6) is -1.49. The molecule has 2 aromatic rings. The summed E-state index contributed by atoms with van der Waals surface area (Å²) in [5, 5.41) is 10.4. The molecule has 0 aliphatic rings. The van der Waals surface area contributed by atoms with Crippen LogP contribution >= 0.6 is 11.6 Å². The molecular formula is C14H11ClF2O. The molecule has 4 heteroatoms. The maximum absolute atomic E-state index is 13.5. The highest BCUT2D eigenvalue weighted by Crippen LogP contribution is 2.24. The summed E-state index contributed by atoms with van der Waals surface area (Å²) in [4.78, 5) is 0. The van der Waals surface area contributed by atoms with Crippen molar-refractivity contribution in [3.63, 3.8) is 0 Å². The van der Waals surface area contributed by atoms with Crippen molar-refractivity contribution in [2.75, 3.05) is 0 Å². The third kappa shape index (κ3) is 2.86. The van der Waals surface area contributed by atoms with E-state index in [0.29, 0.717) is 5.02 Å². The van der Waals surface area contributed by atoms with Gasteiger partial charge in [0.1, 0.15) is 11.6 Å². The number of aliphatic hydroxyl groups is 1. The van der Waals surface area contributed by atoms with E-state index in [4.69, 9.17) is 11.6 Å². The second kappa shape index (κ2) is 5.46. The van der Waals surface area contributed by atoms with Gasteiger partial charge in [-0.25, -0.2) is 8.78 Å². The minimum Gasteiger partial charge on any atom is -0.388 e. The van der Waals surface area contributed by atoms with E-state index in [1.165, 1.54) is 6.07 Å². The van der Waals surface area contributed by atoms with Crippen LogP contribution in [-0.2, 0) is 6.42 Å². The van der Waals surface area contributed by atoms with E-state index in [2.05, 4.69) is 0 Å². The zero-order chi connectivity index (χ0) is 13.1. The Morgan fingerprint density at radius 1 is 1.06 bits per heavy atom. The van der Waals surface area contributed by atoms with Gasteiger partial charge in [-0.2, -0.15) is 0 Å². The Morgan fingerprint density at radius 3 is 2.28 bits per heavy atom. The van der Waals surface area contributed by atoms with Crippen molar-refractivity contribution in [3.05, 3.63) is 70.2 Å². The molecule has 0 fully saturated rings. The largest absolute Gasteiger partial charge is 0.388 e. The molecule has 18 heavy (non-hydrogen) atoms. The predicted octanol–water partition coefficient (Wildman–Crippen LogP) is 3.89. The van der Waals surface area contributed by atoms with E-state index in [1.807, 2.05) is 0 Å². The minimum atomic E-state index is -1.23. The zero-order valence-corrected chi connectivity index (χ0v) is 10.2. The molecule has 1 atom stereocenters. The van der Waals surface area contributed by atoms with Gasteiger partial charge in [-0.05, 0) is 29.8 Å². The first-order valence-corrected chi connectivity index (χ1v) is 5.82. The predicted molar refractivity (Wildman–Crippen MR) is 66.5 cm³/mol. The highest BCUT2D eigenvalue weighted by Gasteiger charge is 2.18. The van der Waals surface area contributed by atoms with Gasteiger partial charge < -0.3 is 5.11 Å². The van der Waals surface area contributed by atoms with Gasteiger partial charge in [-0.15, -0.1) is 0 Å². The Labute approximate surface area is 109 Å². The molecule has 94 valence electrons. The van der Waals surface area contributed by atoms with Gasteiger partial charge in [-0.3, -0.25) is 0 Å². The van der Waals surface area contributed by atoms with Gasteiger partial charge in [0.25, 0.3) is 0 Å². The van der Waals surface area contributed by atoms with Crippen LogP contribution in [-0.4, -0.2) is 5.11 Å². The first-order valence-electron chi connectivity index (χ1n) is 5.44. The smallest absolute Gasteiger partial charge is 0.131 e. The standard InChI is InChI=1S/C14H11ClF2O/c15-10-4-1-3-9(7-10)8-13(18)14-11(16)5-2-6-12(14)17/h1-7,13,18H,8H2. The van der Waals surface area contributed by atoms with Gasteiger partial charge >= 0.3 is 0 Å². The van der Waals surface area contributed by atoms with Gasteiger partial charge in [0, 0.05) is 11.4 Å². The van der Waals surface area contributed by atoms with Crippen molar-refractivity contribution >= 4 is 11.6 Å². The zero-order valence-electron chi connectivity index (χ0n) is 9.41. The van der Waals surface area contributed by atoms with Crippen molar-refractivity contribution in [2.24, 2.45) is 0 Å². The highest BCUT2D eigenvalue weighted by molar-refractivity contribution is 6.30. The number of benzene rings is 2. The molecule has 0 radical (unpaired) electrons. The Bertz CT molecular complexity index is 537. The van der Waals surface area contributed by atoms with Crippen LogP contribution in [0.2, 0.25) is 5.02 Å². The first-order chi connectivity index (χ1) is 8.58. The second-order valence-corrected chi connectivity index (χ2v) is 4.42. The first kappa shape index (κ1) is 13.0. The lowest BCUT2D eigenvalue weighted by Gasteiger charge is -2.13. The van der Waals surface area contributed by atoms with E-state index in [-0.39, 0.29) is 12.0 Å². The molecule has 0 saturated heterocycles. The van der Waals surface area contributed by atoms with Crippen molar-refractivity contribution in [1.29, 1.82) is 0 Å². The molecule has 1 nitrogen and oxygen atoms in total. The molecule has 0 heterocycles. The Balaban J connectivity index is 2.25. The van der Waals surface area contributed by atoms with E-state index in [0.717, 1.165) is 17.7 Å². The number of aliphatic hydroxyl groups excluding tert-OH is 1. The lowest BCUT2D eigenvalue weighted by molar-refractivity contribution is 0.168. The molecule has 0 aliphatic heterocycles. The number of halogens is 3. The van der Waals surface area contributed by atoms with Crippen LogP contribution < -0.4 is 0 Å². The van der Waals surface area contributed by atoms with Crippen LogP contribution in [0.25, 0.3) is 0 Å². The third-order valence-electron chi connectivity index (χ3n) is 2.65. The summed E-state index contributed by atoms with van der Waals surface area (Å²) in [6.45, 7) is 0. The maximum atomic E-state index is 13.5. The molecule has 0 aliphatic carbocycles. The molecule has 1 unspecified atom stereocenters. The van der Waals surface area contributed by atoms with Crippen LogP contribution in [0.5, 0.6) is 0 Å². The van der Waals surface area contributed by atoms with Gasteiger partial charge in [0.05, 0.1) is 11.7 Å². The Kier molecular flexibility index (Phi) is 3.94. The van der Waals surface area contributed by atoms with Gasteiger partial charge in [0.2, 0.25) is 0 Å². The fraction of sp³-hybridized carbons (Fsp3) is 0.143. The number of hydrogen-bond acceptors (Lipinski definition) is 1. The molecule has 0 aromatic heterocycles. The Hall–Kier alpha value is -1.45. The van der Waals surface area contributed by atoms with Crippen LogP contribution in [0, 0.1) is 11.6 Å². The summed E-state index contributed by atoms with van der Waals surface area (Å²) < 4.78 is 26.9. The van der Waals surface area contributed by atoms with E-state index >= 15 is 0 Å². The average Bonchev–Trinajstić information content (AvgIpc) is 2.28. The van der Waals surface area contributed by atoms with Crippen molar-refractivity contribution in [2.45, 2.75) is 12.5 Å². The minimum absolute atomic E-state index is 0.110. The van der Waals surface area contributed by atoms with Gasteiger partial charge in [0.15, 0.2) is 0 Å². The maximum Gasteiger partial charge on any atom is 0.131 e. The normalized spacial score (nSPS) is 12.4. The summed E-state index contributed by atoms with van der Waals surface area (Å²) >= 11 is 5.81. The highest BCUT2D eigenvalue weighted by atomic mass is 35.5. The molecule has 0 bridgehead atoms. The van der Waals surface area contributed by atoms with Crippen LogP contribution in [0.1, 0.15) is 17.2 Å². The fourth-order valence-electron chi connectivity index (χ4n) is 1.82. The van der Waals surface area contributed by atoms with Crippen LogP contribution in [0.4, 0.5) is 8.78 Å². The summed E-state index contributed by atoms with van der Waals surface area (Å²) in [7, 11) is 0. The Morgan fingerprint density at radius 2 is 1.67 bits per heavy atom. The van der Waals surface area contributed by atoms with E-state index in [1.54, 1.807) is 24.3 Å². The molecule has 2 aromatic carbocycles. The van der Waals surface area contributed by atoms with Crippen LogP contribution in [0.15, 0.2) is 42.5 Å². The molecule has 0 amide bonds. The quantitative estimate of drug-likeness (QED) is 0.895. The molecule has 2 rings (SSSR count). The van der Waals surface area contributed by atoms with Gasteiger partial charge in [-0.1, -0.05) is 29.8 Å². The lowest BCUT2D eigenvalue weighted by Crippen LogP contribution is -2.07. The van der Waals surface area contributed by atoms with E-state index in [9.17, 15) is 13.9 Å². The third-order valence-corrected chi connectivity index (χ3v) is 2.89.